The van der Waals surface area contributed by atoms with Gasteiger partial charge in [-0.3, -0.25) is 0 Å². The van der Waals surface area contributed by atoms with Gasteiger partial charge in [-0.05, 0) is 127 Å². The molecule has 10 aromatic carbocycles. The summed E-state index contributed by atoms with van der Waals surface area (Å²) >= 11 is 0. The number of benzene rings is 10. The molecule has 0 fully saturated rings. The number of alkyl halides is 6. The molecular weight excluding hydrogens is 1070 g/mol. The number of fused-ring (bicyclic) bond motifs is 4. The van der Waals surface area contributed by atoms with Gasteiger partial charge in [-0.2, -0.15) is 26.3 Å². The van der Waals surface area contributed by atoms with E-state index in [2.05, 4.69) is 206 Å². The normalized spacial score (nSPS) is 11.4. The van der Waals surface area contributed by atoms with Crippen molar-refractivity contribution in [3.63, 3.8) is 0 Å². The third kappa shape index (κ3) is 12.2. The Labute approximate surface area is 431 Å². The number of carbonyl (C=O) groups is 2. The molecule has 10 rings (SSSR count). The molecule has 0 bridgehead atoms. The molecule has 0 unspecified atom stereocenters. The van der Waals surface area contributed by atoms with E-state index in [4.69, 9.17) is 29.3 Å². The Kier molecular flexibility index (Phi) is 17.0. The molecule has 0 heterocycles. The Balaban J connectivity index is 0.000000459. The first-order valence-corrected chi connectivity index (χ1v) is 24.7. The fourth-order valence-corrected chi connectivity index (χ4v) is 13.4. The molecule has 0 spiro atoms. The molecule has 0 amide bonds. The van der Waals surface area contributed by atoms with Crippen molar-refractivity contribution in [2.75, 3.05) is 14.2 Å². The molecule has 0 N–H and O–H groups in total. The first-order chi connectivity index (χ1) is 34.5. The van der Waals surface area contributed by atoms with Gasteiger partial charge >= 0.3 is 31.8 Å². The van der Waals surface area contributed by atoms with E-state index < -0.39 is 40.1 Å². The first-order valence-electron chi connectivity index (χ1n) is 22.0. The minimum Gasteiger partial charge on any atom is -0.542 e. The van der Waals surface area contributed by atoms with Crippen molar-refractivity contribution in [2.24, 2.45) is 0 Å². The smallest absolute Gasteiger partial charge is 0.542 e. The number of hydrogen-bond donors (Lipinski definition) is 0. The number of carboxylic acids is 2. The Bertz CT molecular complexity index is 3210. The molecule has 15 heteroatoms. The van der Waals surface area contributed by atoms with Crippen molar-refractivity contribution in [1.29, 1.82) is 0 Å². The van der Waals surface area contributed by atoms with E-state index in [1.807, 2.05) is 0 Å². The van der Waals surface area contributed by atoms with Gasteiger partial charge in [0.25, 0.3) is 0 Å². The number of carbonyl (C=O) groups excluding carboxylic acids is 2. The zero-order chi connectivity index (χ0) is 51.2. The van der Waals surface area contributed by atoms with E-state index in [0.717, 1.165) is 22.6 Å². The fraction of sp³-hybridized carbons (Fsp3) is 0.0690. The van der Waals surface area contributed by atoms with Crippen molar-refractivity contribution in [2.45, 2.75) is 12.4 Å². The van der Waals surface area contributed by atoms with Crippen molar-refractivity contribution < 1.29 is 75.1 Å². The van der Waals surface area contributed by atoms with E-state index in [1.54, 1.807) is 14.2 Å². The maximum absolute atomic E-state index is 10.5. The van der Waals surface area contributed by atoms with Crippen LogP contribution >= 0.6 is 15.8 Å². The molecule has 0 saturated heterocycles. The monoisotopic (exact) mass is 1110 g/mol. The third-order valence-corrected chi connectivity index (χ3v) is 16.5. The zero-order valence-corrected chi connectivity index (χ0v) is 42.1. The van der Waals surface area contributed by atoms with Gasteiger partial charge in [-0.25, -0.2) is 0 Å². The number of methoxy groups -OCH3 is 2. The number of halogens is 6. The summed E-state index contributed by atoms with van der Waals surface area (Å²) in [6, 6.07) is 75.7. The third-order valence-electron chi connectivity index (χ3n) is 11.6. The van der Waals surface area contributed by atoms with Crippen LogP contribution in [-0.2, 0) is 29.1 Å². The van der Waals surface area contributed by atoms with Gasteiger partial charge in [0.15, 0.2) is 0 Å². The van der Waals surface area contributed by atoms with Crippen molar-refractivity contribution >= 4 is 103 Å². The first kappa shape index (κ1) is 53.6. The van der Waals surface area contributed by atoms with Gasteiger partial charge in [-0.1, -0.05) is 170 Å². The number of rotatable bonds is 9. The molecular formula is C58H40F6O6P2Ru. The van der Waals surface area contributed by atoms with Gasteiger partial charge in [0.05, 0.1) is 14.2 Å². The van der Waals surface area contributed by atoms with Crippen molar-refractivity contribution in [3.05, 3.63) is 206 Å². The second-order valence-corrected chi connectivity index (χ2v) is 20.4. The van der Waals surface area contributed by atoms with E-state index in [-0.39, 0.29) is 19.5 Å². The Morgan fingerprint density at radius 2 is 0.603 bits per heavy atom. The van der Waals surface area contributed by atoms with Gasteiger partial charge in [0, 0.05) is 11.1 Å². The SMILES string of the molecule is COc1cccc(P(c2ccc3ccccc3c2)c2ccc3ccccc3c2)c1-c1c(OC)cccc1P(c1ccc2ccccc2c1)c1ccc2ccccc2c1.O=C([O-])C(F)(F)F.O=C([O-])C(F)(F)F.[Ru+2]. The van der Waals surface area contributed by atoms with Crippen molar-refractivity contribution in [3.8, 4) is 22.6 Å². The quantitative estimate of drug-likeness (QED) is 0.0812. The summed E-state index contributed by atoms with van der Waals surface area (Å²) in [6.45, 7) is 0. The van der Waals surface area contributed by atoms with Crippen LogP contribution in [0, 0.1) is 0 Å². The van der Waals surface area contributed by atoms with Crippen LogP contribution in [0.3, 0.4) is 0 Å². The Morgan fingerprint density at radius 1 is 0.370 bits per heavy atom. The van der Waals surface area contributed by atoms with Gasteiger partial charge in [0.1, 0.15) is 23.4 Å². The Morgan fingerprint density at radius 3 is 0.822 bits per heavy atom. The molecule has 0 saturated carbocycles. The molecule has 10 aromatic rings. The predicted octanol–water partition coefficient (Wildman–Crippen LogP) is 10.1. The second kappa shape index (κ2) is 23.2. The summed E-state index contributed by atoms with van der Waals surface area (Å²) in [6.07, 6.45) is -10.4. The standard InChI is InChI=1S/C54H40O2P2.2C2HF3O2.Ru/c1-55-49-21-11-23-51(57(45-29-25-37-13-3-7-17-41(37)33-45)46-30-26-38-14-4-8-18-42(38)34-46)53(49)54-50(56-2)22-12-24-52(54)58(47-31-27-39-15-5-9-19-43(39)35-47)48-32-28-40-16-6-10-20-44(40)36-48;2*3-2(4,5)1(6)7;/h3-36H,1-2H3;2*(H,6,7);/q;;;+2/p-2. The average Bonchev–Trinajstić information content (AvgIpc) is 3.38. The summed E-state index contributed by atoms with van der Waals surface area (Å²) in [5.41, 5.74) is 2.14. The molecule has 0 aromatic heterocycles. The molecule has 0 aliphatic heterocycles. The number of aliphatic carboxylic acids is 2. The van der Waals surface area contributed by atoms with Crippen LogP contribution in [0.1, 0.15) is 0 Å². The van der Waals surface area contributed by atoms with Crippen molar-refractivity contribution in [1.82, 2.24) is 0 Å². The average molecular weight is 1110 g/mol. The van der Waals surface area contributed by atoms with Gasteiger partial charge in [0.2, 0.25) is 0 Å². The minimum absolute atomic E-state index is 0. The predicted molar refractivity (Wildman–Crippen MR) is 275 cm³/mol. The maximum Gasteiger partial charge on any atom is 2.00 e. The molecule has 368 valence electrons. The number of hydrogen-bond acceptors (Lipinski definition) is 6. The Hall–Kier alpha value is -7.16. The molecule has 0 aliphatic rings. The number of carboxylic acid groups (broad SMARTS) is 2. The van der Waals surface area contributed by atoms with E-state index in [9.17, 15) is 26.3 Å². The molecule has 0 radical (unpaired) electrons. The van der Waals surface area contributed by atoms with E-state index in [1.165, 1.54) is 74.9 Å². The van der Waals surface area contributed by atoms with Crippen LogP contribution in [-0.4, -0.2) is 38.5 Å². The fourth-order valence-electron chi connectivity index (χ4n) is 8.37. The minimum atomic E-state index is -5.19. The molecule has 73 heavy (non-hydrogen) atoms. The topological polar surface area (TPSA) is 98.7 Å². The van der Waals surface area contributed by atoms with Crippen LogP contribution in [0.2, 0.25) is 0 Å². The van der Waals surface area contributed by atoms with Crippen LogP contribution in [0.25, 0.3) is 54.2 Å². The van der Waals surface area contributed by atoms with Crippen LogP contribution in [0.5, 0.6) is 11.5 Å². The largest absolute Gasteiger partial charge is 2.00 e. The summed E-state index contributed by atoms with van der Waals surface area (Å²) < 4.78 is 75.9. The molecule has 0 atom stereocenters. The molecule has 0 aliphatic carbocycles. The van der Waals surface area contributed by atoms with E-state index in [0.29, 0.717) is 0 Å². The molecule has 6 nitrogen and oxygen atoms in total. The van der Waals surface area contributed by atoms with E-state index >= 15 is 0 Å². The zero-order valence-electron chi connectivity index (χ0n) is 38.6. The summed E-state index contributed by atoms with van der Waals surface area (Å²) in [4.78, 5) is 17.6. The number of ether oxygens (including phenoxy) is 2. The second-order valence-electron chi connectivity index (χ2n) is 16.1. The van der Waals surface area contributed by atoms with Gasteiger partial charge < -0.3 is 29.3 Å². The summed E-state index contributed by atoms with van der Waals surface area (Å²) in [5, 5.41) is 35.0. The van der Waals surface area contributed by atoms with Crippen LogP contribution in [0.4, 0.5) is 26.3 Å². The maximum atomic E-state index is 10.5. The van der Waals surface area contributed by atoms with Crippen LogP contribution in [0.15, 0.2) is 206 Å². The summed E-state index contributed by atoms with van der Waals surface area (Å²) in [5.74, 6) is -4.37. The van der Waals surface area contributed by atoms with Crippen LogP contribution < -0.4 is 51.5 Å². The van der Waals surface area contributed by atoms with Gasteiger partial charge in [-0.15, -0.1) is 0 Å². The summed E-state index contributed by atoms with van der Waals surface area (Å²) in [7, 11) is 1.40.